The van der Waals surface area contributed by atoms with Gasteiger partial charge in [0.15, 0.2) is 5.82 Å². The van der Waals surface area contributed by atoms with E-state index in [1.807, 2.05) is 12.1 Å². The Morgan fingerprint density at radius 3 is 2.64 bits per heavy atom. The van der Waals surface area contributed by atoms with Gasteiger partial charge in [-0.15, -0.1) is 10.2 Å². The van der Waals surface area contributed by atoms with E-state index in [2.05, 4.69) is 10.2 Å². The summed E-state index contributed by atoms with van der Waals surface area (Å²) in [5, 5.41) is 18.4. The molecule has 28 heavy (non-hydrogen) atoms. The Kier molecular flexibility index (Phi) is 6.41. The van der Waals surface area contributed by atoms with E-state index in [9.17, 15) is 4.79 Å². The number of halogens is 2. The summed E-state index contributed by atoms with van der Waals surface area (Å²) in [5.41, 5.74) is 1.23. The second-order valence-electron chi connectivity index (χ2n) is 5.56. The number of benzene rings is 2. The van der Waals surface area contributed by atoms with Crippen LogP contribution < -0.4 is 10.7 Å². The zero-order chi connectivity index (χ0) is 20.1. The summed E-state index contributed by atoms with van der Waals surface area (Å²) >= 11 is 13.2. The monoisotopic (exact) mass is 432 g/mol. The normalized spacial score (nSPS) is 10.5. The number of nitriles is 1. The number of carbonyl (C=O) groups is 1. The largest absolute Gasteiger partial charge is 0.335 e. The van der Waals surface area contributed by atoms with Crippen molar-refractivity contribution in [2.45, 2.75) is 5.16 Å². The number of carbonyl (C=O) groups excluding carboxylic acids is 1. The van der Waals surface area contributed by atoms with Gasteiger partial charge in [-0.25, -0.2) is 4.68 Å². The summed E-state index contributed by atoms with van der Waals surface area (Å²) in [6.07, 6.45) is 0. The molecule has 0 radical (unpaired) electrons. The standard InChI is InChI=1S/C18H14Cl2N6OS/c19-12-6-7-14(15(20)10-12)17-23-24-18(26(17)22)28-11-16(27)25(9-8-21)13-4-2-1-3-5-13/h1-7,10H,9,11,22H2. The van der Waals surface area contributed by atoms with Crippen LogP contribution in [0.3, 0.4) is 0 Å². The lowest BCUT2D eigenvalue weighted by molar-refractivity contribution is -0.116. The van der Waals surface area contributed by atoms with Crippen LogP contribution in [0.4, 0.5) is 5.69 Å². The van der Waals surface area contributed by atoms with E-state index < -0.39 is 0 Å². The number of aromatic nitrogens is 3. The first-order valence-electron chi connectivity index (χ1n) is 8.02. The van der Waals surface area contributed by atoms with Crippen LogP contribution in [0.25, 0.3) is 11.4 Å². The number of nitrogens with zero attached hydrogens (tertiary/aromatic N) is 5. The average Bonchev–Trinajstić information content (AvgIpc) is 3.05. The highest BCUT2D eigenvalue weighted by molar-refractivity contribution is 7.99. The molecule has 10 heteroatoms. The lowest BCUT2D eigenvalue weighted by Crippen LogP contribution is -2.32. The van der Waals surface area contributed by atoms with Crippen molar-refractivity contribution in [3.05, 3.63) is 58.6 Å². The first kappa shape index (κ1) is 20.0. The van der Waals surface area contributed by atoms with E-state index in [1.54, 1.807) is 42.5 Å². The highest BCUT2D eigenvalue weighted by Gasteiger charge is 2.19. The van der Waals surface area contributed by atoms with Crippen molar-refractivity contribution < 1.29 is 4.79 Å². The lowest BCUT2D eigenvalue weighted by Gasteiger charge is -2.19. The van der Waals surface area contributed by atoms with Crippen LogP contribution in [0, 0.1) is 11.3 Å². The third kappa shape index (κ3) is 4.39. The molecule has 7 nitrogen and oxygen atoms in total. The van der Waals surface area contributed by atoms with Gasteiger partial charge in [-0.2, -0.15) is 5.26 Å². The van der Waals surface area contributed by atoms with Crippen LogP contribution in [0.5, 0.6) is 0 Å². The molecule has 0 fully saturated rings. The lowest BCUT2D eigenvalue weighted by atomic mass is 10.2. The Hall–Kier alpha value is -2.73. The number of hydrogen-bond acceptors (Lipinski definition) is 6. The van der Waals surface area contributed by atoms with E-state index in [0.29, 0.717) is 32.3 Å². The van der Waals surface area contributed by atoms with E-state index in [0.717, 1.165) is 11.8 Å². The predicted molar refractivity (Wildman–Crippen MR) is 111 cm³/mol. The molecule has 2 aromatic carbocycles. The fraction of sp³-hybridized carbons (Fsp3) is 0.111. The van der Waals surface area contributed by atoms with Gasteiger partial charge in [0.25, 0.3) is 0 Å². The Labute approximate surface area is 175 Å². The number of hydrogen-bond donors (Lipinski definition) is 1. The Morgan fingerprint density at radius 2 is 1.96 bits per heavy atom. The third-order valence-electron chi connectivity index (χ3n) is 3.76. The quantitative estimate of drug-likeness (QED) is 0.362. The molecule has 0 unspecified atom stereocenters. The van der Waals surface area contributed by atoms with Crippen molar-refractivity contribution in [2.75, 3.05) is 23.0 Å². The van der Waals surface area contributed by atoms with Gasteiger partial charge in [0.2, 0.25) is 11.1 Å². The average molecular weight is 433 g/mol. The molecule has 2 N–H and O–H groups in total. The number of amides is 1. The van der Waals surface area contributed by atoms with Gasteiger partial charge in [0.1, 0.15) is 6.54 Å². The highest BCUT2D eigenvalue weighted by atomic mass is 35.5. The minimum Gasteiger partial charge on any atom is -0.335 e. The molecule has 142 valence electrons. The zero-order valence-electron chi connectivity index (χ0n) is 14.4. The van der Waals surface area contributed by atoms with Gasteiger partial charge < -0.3 is 5.84 Å². The summed E-state index contributed by atoms with van der Waals surface area (Å²) in [5.74, 6) is 6.23. The molecule has 0 saturated carbocycles. The second-order valence-corrected chi connectivity index (χ2v) is 7.35. The molecule has 0 aliphatic rings. The molecule has 1 amide bonds. The van der Waals surface area contributed by atoms with Crippen LogP contribution in [0.15, 0.2) is 53.7 Å². The smallest absolute Gasteiger partial charge is 0.238 e. The Bertz CT molecular complexity index is 1030. The fourth-order valence-electron chi connectivity index (χ4n) is 2.44. The van der Waals surface area contributed by atoms with Gasteiger partial charge >= 0.3 is 0 Å². The maximum absolute atomic E-state index is 12.6. The predicted octanol–water partition coefficient (Wildman–Crippen LogP) is 3.61. The van der Waals surface area contributed by atoms with Gasteiger partial charge in [-0.3, -0.25) is 9.69 Å². The molecule has 0 atom stereocenters. The minimum absolute atomic E-state index is 0.0419. The Morgan fingerprint density at radius 1 is 1.21 bits per heavy atom. The van der Waals surface area contributed by atoms with E-state index >= 15 is 0 Å². The molecular formula is C18H14Cl2N6OS. The third-order valence-corrected chi connectivity index (χ3v) is 5.23. The van der Waals surface area contributed by atoms with Crippen LogP contribution in [-0.2, 0) is 4.79 Å². The Balaban J connectivity index is 1.75. The first-order chi connectivity index (χ1) is 13.5. The molecule has 3 aromatic rings. The van der Waals surface area contributed by atoms with E-state index in [4.69, 9.17) is 34.3 Å². The molecule has 3 rings (SSSR count). The molecule has 0 saturated heterocycles. The van der Waals surface area contributed by atoms with Crippen molar-refractivity contribution in [1.82, 2.24) is 14.9 Å². The van der Waals surface area contributed by atoms with Crippen LogP contribution in [-0.4, -0.2) is 33.1 Å². The molecule has 1 aromatic heterocycles. The summed E-state index contributed by atoms with van der Waals surface area (Å²) < 4.78 is 1.27. The first-order valence-corrected chi connectivity index (χ1v) is 9.76. The van der Waals surface area contributed by atoms with Crippen LogP contribution in [0.2, 0.25) is 10.0 Å². The SMILES string of the molecule is N#CCN(C(=O)CSc1nnc(-c2ccc(Cl)cc2Cl)n1N)c1ccccc1. The van der Waals surface area contributed by atoms with Crippen LogP contribution >= 0.6 is 35.0 Å². The summed E-state index contributed by atoms with van der Waals surface area (Å²) in [7, 11) is 0. The van der Waals surface area contributed by atoms with Crippen LogP contribution in [0.1, 0.15) is 0 Å². The molecule has 0 aliphatic carbocycles. The fourth-order valence-corrected chi connectivity index (χ4v) is 3.66. The summed E-state index contributed by atoms with van der Waals surface area (Å²) in [6, 6.07) is 16.0. The van der Waals surface area contributed by atoms with Gasteiger partial charge in [-0.1, -0.05) is 53.2 Å². The van der Waals surface area contributed by atoms with Gasteiger partial charge in [0.05, 0.1) is 16.8 Å². The molecular weight excluding hydrogens is 419 g/mol. The number of nitrogens with two attached hydrogens (primary N) is 1. The van der Waals surface area contributed by atoms with Crippen molar-refractivity contribution in [2.24, 2.45) is 0 Å². The van der Waals surface area contributed by atoms with Crippen molar-refractivity contribution in [3.63, 3.8) is 0 Å². The number of rotatable bonds is 6. The van der Waals surface area contributed by atoms with Crippen molar-refractivity contribution >= 4 is 46.6 Å². The highest BCUT2D eigenvalue weighted by Crippen LogP contribution is 2.30. The molecule has 0 spiro atoms. The number of anilines is 1. The number of nitrogen functional groups attached to an aromatic ring is 1. The number of para-hydroxylation sites is 1. The second kappa shape index (κ2) is 8.97. The maximum Gasteiger partial charge on any atom is 0.238 e. The summed E-state index contributed by atoms with van der Waals surface area (Å²) in [6.45, 7) is -0.0512. The molecule has 1 heterocycles. The molecule has 0 bridgehead atoms. The maximum atomic E-state index is 12.6. The molecule has 0 aliphatic heterocycles. The van der Waals surface area contributed by atoms with E-state index in [1.165, 1.54) is 9.58 Å². The topological polar surface area (TPSA) is 101 Å². The zero-order valence-corrected chi connectivity index (χ0v) is 16.7. The van der Waals surface area contributed by atoms with Crippen molar-refractivity contribution in [1.29, 1.82) is 5.26 Å². The minimum atomic E-state index is -0.244. The number of thioether (sulfide) groups is 1. The van der Waals surface area contributed by atoms with Gasteiger partial charge in [-0.05, 0) is 30.3 Å². The van der Waals surface area contributed by atoms with E-state index in [-0.39, 0.29) is 18.2 Å². The summed E-state index contributed by atoms with van der Waals surface area (Å²) in [4.78, 5) is 14.0. The van der Waals surface area contributed by atoms with Gasteiger partial charge in [0, 0.05) is 16.3 Å². The van der Waals surface area contributed by atoms with Crippen molar-refractivity contribution in [3.8, 4) is 17.5 Å².